The van der Waals surface area contributed by atoms with Crippen LogP contribution in [0.5, 0.6) is 0 Å². The number of aliphatic carboxylic acids is 1. The number of hydrogen-bond acceptors (Lipinski definition) is 6. The molecule has 3 rings (SSSR count). The van der Waals surface area contributed by atoms with Crippen LogP contribution in [0.2, 0.25) is 0 Å². The first-order valence-electron chi connectivity index (χ1n) is 8.31. The summed E-state index contributed by atoms with van der Waals surface area (Å²) >= 11 is 0. The van der Waals surface area contributed by atoms with Crippen LogP contribution in [0, 0.1) is 0 Å². The first-order chi connectivity index (χ1) is 13.0. The normalized spacial score (nSPS) is 11.9. The fourth-order valence-corrected chi connectivity index (χ4v) is 2.69. The van der Waals surface area contributed by atoms with Crippen molar-refractivity contribution < 1.29 is 14.7 Å². The van der Waals surface area contributed by atoms with E-state index in [2.05, 4.69) is 15.3 Å². The number of hydrogen-bond donors (Lipinski definition) is 4. The maximum Gasteiger partial charge on any atom is 0.320 e. The van der Waals surface area contributed by atoms with E-state index in [4.69, 9.17) is 16.6 Å². The summed E-state index contributed by atoms with van der Waals surface area (Å²) < 4.78 is 0. The van der Waals surface area contributed by atoms with Crippen LogP contribution in [-0.4, -0.2) is 33.0 Å². The maximum atomic E-state index is 12.5. The molecule has 27 heavy (non-hydrogen) atoms. The first kappa shape index (κ1) is 18.3. The summed E-state index contributed by atoms with van der Waals surface area (Å²) in [7, 11) is 0. The highest BCUT2D eigenvalue weighted by atomic mass is 16.4. The lowest BCUT2D eigenvalue weighted by atomic mass is 10.0. The Morgan fingerprint density at radius 1 is 1.00 bits per heavy atom. The molecule has 3 aromatic rings. The summed E-state index contributed by atoms with van der Waals surface area (Å²) in [4.78, 5) is 32.0. The van der Waals surface area contributed by atoms with E-state index >= 15 is 0 Å². The van der Waals surface area contributed by atoms with Gasteiger partial charge in [-0.3, -0.25) is 9.59 Å². The van der Waals surface area contributed by atoms with Gasteiger partial charge in [0.15, 0.2) is 11.5 Å². The van der Waals surface area contributed by atoms with Crippen molar-refractivity contribution in [2.75, 3.05) is 5.73 Å². The third-order valence-electron chi connectivity index (χ3n) is 4.13. The minimum atomic E-state index is -1.08. The summed E-state index contributed by atoms with van der Waals surface area (Å²) in [5.74, 6) is -1.48. The molecule has 0 fully saturated rings. The number of benzene rings is 2. The zero-order valence-electron chi connectivity index (χ0n) is 14.4. The number of rotatable bonds is 6. The van der Waals surface area contributed by atoms with Gasteiger partial charge < -0.3 is 21.9 Å². The molecule has 0 spiro atoms. The third kappa shape index (κ3) is 4.18. The Balaban J connectivity index is 1.77. The third-order valence-corrected chi connectivity index (χ3v) is 4.13. The van der Waals surface area contributed by atoms with E-state index in [1.807, 2.05) is 12.1 Å². The zero-order chi connectivity index (χ0) is 19.4. The molecule has 138 valence electrons. The van der Waals surface area contributed by atoms with E-state index in [-0.39, 0.29) is 24.5 Å². The number of aromatic nitrogens is 2. The molecule has 1 atom stereocenters. The second-order valence-electron chi connectivity index (χ2n) is 6.05. The van der Waals surface area contributed by atoms with E-state index in [0.717, 1.165) is 11.1 Å². The predicted molar refractivity (Wildman–Crippen MR) is 101 cm³/mol. The van der Waals surface area contributed by atoms with E-state index in [1.165, 1.54) is 0 Å². The van der Waals surface area contributed by atoms with Crippen molar-refractivity contribution in [1.82, 2.24) is 15.3 Å². The minimum absolute atomic E-state index is 0.0485. The van der Waals surface area contributed by atoms with Gasteiger partial charge in [0, 0.05) is 6.54 Å². The predicted octanol–water partition coefficient (Wildman–Crippen LogP) is 1.10. The van der Waals surface area contributed by atoms with Gasteiger partial charge in [-0.25, -0.2) is 9.97 Å². The van der Waals surface area contributed by atoms with E-state index in [1.54, 1.807) is 36.4 Å². The summed E-state index contributed by atoms with van der Waals surface area (Å²) in [6.45, 7) is 0.190. The molecule has 1 aromatic heterocycles. The topological polar surface area (TPSA) is 144 Å². The van der Waals surface area contributed by atoms with Crippen molar-refractivity contribution >= 4 is 28.7 Å². The Hall–Kier alpha value is -3.52. The molecule has 0 aliphatic rings. The van der Waals surface area contributed by atoms with Crippen LogP contribution in [0.3, 0.4) is 0 Å². The maximum absolute atomic E-state index is 12.5. The Bertz CT molecular complexity index is 1010. The average Bonchev–Trinajstić information content (AvgIpc) is 2.66. The van der Waals surface area contributed by atoms with Gasteiger partial charge in [-0.15, -0.1) is 0 Å². The van der Waals surface area contributed by atoms with E-state index in [0.29, 0.717) is 11.0 Å². The molecule has 0 radical (unpaired) electrons. The van der Waals surface area contributed by atoms with Gasteiger partial charge in [0.1, 0.15) is 6.04 Å². The molecular formula is C19H19N5O3. The van der Waals surface area contributed by atoms with Crippen molar-refractivity contribution in [3.8, 4) is 0 Å². The highest BCUT2D eigenvalue weighted by molar-refractivity contribution is 5.98. The van der Waals surface area contributed by atoms with Crippen molar-refractivity contribution in [1.29, 1.82) is 0 Å². The van der Waals surface area contributed by atoms with Gasteiger partial charge in [-0.2, -0.15) is 0 Å². The molecule has 0 bridgehead atoms. The fraction of sp³-hybridized carbons (Fsp3) is 0.158. The van der Waals surface area contributed by atoms with Crippen LogP contribution < -0.4 is 16.8 Å². The standard InChI is InChI=1S/C19H19N5O3/c20-13(19(26)27)9-11-5-1-2-6-12(11)10-22-18(25)16-17(21)24-15-8-4-3-7-14(15)23-16/h1-8,13H,9-10,20H2,(H2,21,24)(H,22,25)(H,26,27)/t13-/m0/s1. The second kappa shape index (κ2) is 7.79. The minimum Gasteiger partial charge on any atom is -0.480 e. The molecule has 0 saturated carbocycles. The van der Waals surface area contributed by atoms with Crippen molar-refractivity contribution in [3.05, 3.63) is 65.4 Å². The van der Waals surface area contributed by atoms with Gasteiger partial charge in [0.25, 0.3) is 5.91 Å². The van der Waals surface area contributed by atoms with Gasteiger partial charge in [-0.05, 0) is 29.7 Å². The molecular weight excluding hydrogens is 346 g/mol. The number of nitrogens with one attached hydrogen (secondary N) is 1. The number of nitrogens with zero attached hydrogens (tertiary/aromatic N) is 2. The molecule has 6 N–H and O–H groups in total. The molecule has 0 aliphatic carbocycles. The molecule has 1 heterocycles. The Morgan fingerprint density at radius 2 is 1.59 bits per heavy atom. The molecule has 2 aromatic carbocycles. The molecule has 8 heteroatoms. The first-order valence-corrected chi connectivity index (χ1v) is 8.31. The Labute approximate surface area is 155 Å². The zero-order valence-corrected chi connectivity index (χ0v) is 14.4. The van der Waals surface area contributed by atoms with Crippen molar-refractivity contribution in [2.45, 2.75) is 19.0 Å². The van der Waals surface area contributed by atoms with Gasteiger partial charge in [0.05, 0.1) is 11.0 Å². The number of nitrogen functional groups attached to an aromatic ring is 1. The number of carboxylic acids is 1. The van der Waals surface area contributed by atoms with Crippen LogP contribution in [0.25, 0.3) is 11.0 Å². The molecule has 0 aliphatic heterocycles. The van der Waals surface area contributed by atoms with Crippen LogP contribution in [-0.2, 0) is 17.8 Å². The lowest BCUT2D eigenvalue weighted by molar-refractivity contribution is -0.138. The van der Waals surface area contributed by atoms with Gasteiger partial charge >= 0.3 is 5.97 Å². The highest BCUT2D eigenvalue weighted by Crippen LogP contribution is 2.15. The van der Waals surface area contributed by atoms with Crippen LogP contribution in [0.1, 0.15) is 21.6 Å². The molecule has 0 unspecified atom stereocenters. The monoisotopic (exact) mass is 365 g/mol. The SMILES string of the molecule is Nc1nc2ccccc2nc1C(=O)NCc1ccccc1C[C@H](N)C(=O)O. The smallest absolute Gasteiger partial charge is 0.320 e. The number of carbonyl (C=O) groups is 2. The lowest BCUT2D eigenvalue weighted by Crippen LogP contribution is -2.33. The summed E-state index contributed by atoms with van der Waals surface area (Å²) in [6, 6.07) is 13.3. The number of para-hydroxylation sites is 2. The number of carboxylic acid groups (broad SMARTS) is 1. The summed E-state index contributed by atoms with van der Waals surface area (Å²) in [6.07, 6.45) is 0.166. The van der Waals surface area contributed by atoms with Crippen LogP contribution >= 0.6 is 0 Å². The van der Waals surface area contributed by atoms with Crippen LogP contribution in [0.15, 0.2) is 48.5 Å². The van der Waals surface area contributed by atoms with Crippen LogP contribution in [0.4, 0.5) is 5.82 Å². The van der Waals surface area contributed by atoms with Gasteiger partial charge in [0.2, 0.25) is 0 Å². The number of anilines is 1. The van der Waals surface area contributed by atoms with E-state index < -0.39 is 17.9 Å². The van der Waals surface area contributed by atoms with Crippen molar-refractivity contribution in [3.63, 3.8) is 0 Å². The summed E-state index contributed by atoms with van der Waals surface area (Å²) in [5, 5.41) is 11.7. The lowest BCUT2D eigenvalue weighted by Gasteiger charge is -2.13. The number of fused-ring (bicyclic) bond motifs is 1. The largest absolute Gasteiger partial charge is 0.480 e. The Morgan fingerprint density at radius 3 is 2.26 bits per heavy atom. The second-order valence-corrected chi connectivity index (χ2v) is 6.05. The number of nitrogens with two attached hydrogens (primary N) is 2. The van der Waals surface area contributed by atoms with Gasteiger partial charge in [-0.1, -0.05) is 36.4 Å². The van der Waals surface area contributed by atoms with Crippen molar-refractivity contribution in [2.24, 2.45) is 5.73 Å². The number of carbonyl (C=O) groups excluding carboxylic acids is 1. The molecule has 8 nitrogen and oxygen atoms in total. The number of amides is 1. The fourth-order valence-electron chi connectivity index (χ4n) is 2.69. The quantitative estimate of drug-likeness (QED) is 0.512. The molecule has 1 amide bonds. The average molecular weight is 365 g/mol. The van der Waals surface area contributed by atoms with E-state index in [9.17, 15) is 9.59 Å². The molecule has 0 saturated heterocycles. The Kier molecular flexibility index (Phi) is 5.28. The highest BCUT2D eigenvalue weighted by Gasteiger charge is 2.17. The summed E-state index contributed by atoms with van der Waals surface area (Å²) in [5.41, 5.74) is 14.2.